The van der Waals surface area contributed by atoms with Crippen molar-refractivity contribution in [2.45, 2.75) is 32.9 Å². The van der Waals surface area contributed by atoms with E-state index in [4.69, 9.17) is 5.11 Å². The summed E-state index contributed by atoms with van der Waals surface area (Å²) in [5, 5.41) is 12.5. The van der Waals surface area contributed by atoms with E-state index in [9.17, 15) is 0 Å². The largest absolute Gasteiger partial charge is 0.396 e. The molecule has 0 saturated heterocycles. The fraction of sp³-hybridized carbons (Fsp3) is 0.727. The Morgan fingerprint density at radius 2 is 2.13 bits per heavy atom. The fourth-order valence-corrected chi connectivity index (χ4v) is 1.59. The summed E-state index contributed by atoms with van der Waals surface area (Å²) in [5.74, 6) is 1.28. The van der Waals surface area contributed by atoms with Crippen molar-refractivity contribution in [3.63, 3.8) is 0 Å². The first kappa shape index (κ1) is 12.2. The average Bonchev–Trinajstić information content (AvgIpc) is 2.63. The maximum atomic E-state index is 9.04. The highest BCUT2D eigenvalue weighted by Crippen LogP contribution is 2.12. The van der Waals surface area contributed by atoms with E-state index >= 15 is 0 Å². The van der Waals surface area contributed by atoms with Gasteiger partial charge in [0.05, 0.1) is 6.04 Å². The Hall–Kier alpha value is -0.870. The number of aromatic nitrogens is 2. The van der Waals surface area contributed by atoms with Crippen LogP contribution in [0, 0.1) is 5.92 Å². The van der Waals surface area contributed by atoms with Gasteiger partial charge in [-0.2, -0.15) is 0 Å². The van der Waals surface area contributed by atoms with Crippen molar-refractivity contribution in [2.24, 2.45) is 13.0 Å². The van der Waals surface area contributed by atoms with Crippen LogP contribution in [0.4, 0.5) is 0 Å². The zero-order valence-corrected chi connectivity index (χ0v) is 9.94. The Kier molecular flexibility index (Phi) is 4.29. The quantitative estimate of drug-likeness (QED) is 0.766. The molecular weight excluding hydrogens is 190 g/mol. The predicted octanol–water partition coefficient (Wildman–Crippen LogP) is 1.09. The first-order chi connectivity index (χ1) is 7.06. The molecule has 0 aromatic carbocycles. The van der Waals surface area contributed by atoms with Crippen molar-refractivity contribution in [2.75, 3.05) is 6.61 Å². The number of aryl methyl sites for hydroxylation is 1. The van der Waals surface area contributed by atoms with E-state index in [0.29, 0.717) is 0 Å². The molecule has 0 radical (unpaired) electrons. The zero-order valence-electron chi connectivity index (χ0n) is 9.94. The maximum absolute atomic E-state index is 9.04. The summed E-state index contributed by atoms with van der Waals surface area (Å²) in [4.78, 5) is 4.29. The lowest BCUT2D eigenvalue weighted by Crippen LogP contribution is -2.36. The minimum absolute atomic E-state index is 0.203. The van der Waals surface area contributed by atoms with E-state index in [2.05, 4.69) is 24.1 Å². The van der Waals surface area contributed by atoms with E-state index in [0.717, 1.165) is 5.82 Å². The fourth-order valence-electron chi connectivity index (χ4n) is 1.59. The van der Waals surface area contributed by atoms with Crippen LogP contribution in [-0.2, 0) is 7.05 Å². The topological polar surface area (TPSA) is 50.1 Å². The van der Waals surface area contributed by atoms with E-state index < -0.39 is 0 Å². The Morgan fingerprint density at radius 1 is 1.47 bits per heavy atom. The van der Waals surface area contributed by atoms with Crippen LogP contribution in [-0.4, -0.2) is 27.3 Å². The van der Waals surface area contributed by atoms with Gasteiger partial charge in [0.15, 0.2) is 0 Å². The van der Waals surface area contributed by atoms with Gasteiger partial charge in [-0.15, -0.1) is 0 Å². The van der Waals surface area contributed by atoms with Gasteiger partial charge < -0.3 is 15.0 Å². The van der Waals surface area contributed by atoms with Crippen LogP contribution in [0.1, 0.15) is 32.6 Å². The standard InChI is InChI=1S/C11H21N3O/c1-8(7-15)9(2)13-10(3)11-12-5-6-14(11)4/h5-6,8-10,13,15H,7H2,1-4H3. The predicted molar refractivity (Wildman–Crippen MR) is 60.5 cm³/mol. The Bertz CT molecular complexity index is 298. The van der Waals surface area contributed by atoms with Gasteiger partial charge >= 0.3 is 0 Å². The molecule has 0 saturated carbocycles. The van der Waals surface area contributed by atoms with E-state index in [1.165, 1.54) is 0 Å². The van der Waals surface area contributed by atoms with Crippen LogP contribution in [0.5, 0.6) is 0 Å². The van der Waals surface area contributed by atoms with Crippen LogP contribution >= 0.6 is 0 Å². The monoisotopic (exact) mass is 211 g/mol. The summed E-state index contributed by atoms with van der Waals surface area (Å²) < 4.78 is 2.01. The third-order valence-corrected chi connectivity index (χ3v) is 2.90. The summed E-state index contributed by atoms with van der Waals surface area (Å²) in [6, 6.07) is 0.482. The Balaban J connectivity index is 2.56. The molecule has 3 atom stereocenters. The molecule has 15 heavy (non-hydrogen) atoms. The second-order valence-corrected chi connectivity index (χ2v) is 4.23. The summed E-state index contributed by atoms with van der Waals surface area (Å²) in [7, 11) is 1.99. The van der Waals surface area contributed by atoms with Gasteiger partial charge in [-0.05, 0) is 19.8 Å². The van der Waals surface area contributed by atoms with Gasteiger partial charge in [-0.3, -0.25) is 0 Å². The smallest absolute Gasteiger partial charge is 0.125 e. The van der Waals surface area contributed by atoms with Gasteiger partial charge in [0.25, 0.3) is 0 Å². The normalized spacial score (nSPS) is 17.4. The number of imidazole rings is 1. The van der Waals surface area contributed by atoms with E-state index in [-0.39, 0.29) is 24.6 Å². The number of nitrogens with one attached hydrogen (secondary N) is 1. The second kappa shape index (κ2) is 5.28. The molecule has 1 aromatic heterocycles. The molecule has 4 nitrogen and oxygen atoms in total. The molecular formula is C11H21N3O. The zero-order chi connectivity index (χ0) is 11.4. The average molecular weight is 211 g/mol. The third-order valence-electron chi connectivity index (χ3n) is 2.90. The lowest BCUT2D eigenvalue weighted by atomic mass is 10.0. The lowest BCUT2D eigenvalue weighted by Gasteiger charge is -2.23. The molecule has 0 spiro atoms. The molecule has 2 N–H and O–H groups in total. The minimum atomic E-state index is 0.203. The maximum Gasteiger partial charge on any atom is 0.125 e. The van der Waals surface area contributed by atoms with E-state index in [1.54, 1.807) is 6.20 Å². The van der Waals surface area contributed by atoms with E-state index in [1.807, 2.05) is 24.7 Å². The molecule has 0 aliphatic heterocycles. The molecule has 1 rings (SSSR count). The summed E-state index contributed by atoms with van der Waals surface area (Å²) >= 11 is 0. The molecule has 0 amide bonds. The van der Waals surface area contributed by atoms with Crippen molar-refractivity contribution in [3.05, 3.63) is 18.2 Å². The van der Waals surface area contributed by atoms with Gasteiger partial charge in [-0.1, -0.05) is 6.92 Å². The van der Waals surface area contributed by atoms with Gasteiger partial charge in [-0.25, -0.2) is 4.98 Å². The third kappa shape index (κ3) is 3.04. The first-order valence-electron chi connectivity index (χ1n) is 5.40. The molecule has 1 heterocycles. The van der Waals surface area contributed by atoms with Crippen molar-refractivity contribution in [1.82, 2.24) is 14.9 Å². The lowest BCUT2D eigenvalue weighted by molar-refractivity contribution is 0.201. The second-order valence-electron chi connectivity index (χ2n) is 4.23. The van der Waals surface area contributed by atoms with Crippen LogP contribution in [0.2, 0.25) is 0 Å². The van der Waals surface area contributed by atoms with Gasteiger partial charge in [0.2, 0.25) is 0 Å². The van der Waals surface area contributed by atoms with Gasteiger partial charge in [0.1, 0.15) is 5.82 Å². The molecule has 0 bridgehead atoms. The number of nitrogens with zero attached hydrogens (tertiary/aromatic N) is 2. The van der Waals surface area contributed by atoms with Crippen LogP contribution in [0.15, 0.2) is 12.4 Å². The molecule has 86 valence electrons. The molecule has 4 heteroatoms. The number of aliphatic hydroxyl groups excluding tert-OH is 1. The molecule has 0 aliphatic rings. The molecule has 1 aromatic rings. The van der Waals surface area contributed by atoms with Crippen LogP contribution < -0.4 is 5.32 Å². The van der Waals surface area contributed by atoms with Crippen molar-refractivity contribution in [1.29, 1.82) is 0 Å². The summed E-state index contributed by atoms with van der Waals surface area (Å²) in [5.41, 5.74) is 0. The van der Waals surface area contributed by atoms with Crippen LogP contribution in [0.25, 0.3) is 0 Å². The minimum Gasteiger partial charge on any atom is -0.396 e. The number of hydrogen-bond acceptors (Lipinski definition) is 3. The number of aliphatic hydroxyl groups is 1. The summed E-state index contributed by atoms with van der Waals surface area (Å²) in [6.45, 7) is 6.41. The van der Waals surface area contributed by atoms with Gasteiger partial charge in [0, 0.05) is 32.1 Å². The first-order valence-corrected chi connectivity index (χ1v) is 5.40. The van der Waals surface area contributed by atoms with Crippen LogP contribution in [0.3, 0.4) is 0 Å². The highest BCUT2D eigenvalue weighted by Gasteiger charge is 2.16. The van der Waals surface area contributed by atoms with Crippen molar-refractivity contribution >= 4 is 0 Å². The highest BCUT2D eigenvalue weighted by molar-refractivity contribution is 4.97. The number of hydrogen-bond donors (Lipinski definition) is 2. The Morgan fingerprint density at radius 3 is 2.60 bits per heavy atom. The van der Waals surface area contributed by atoms with Crippen molar-refractivity contribution in [3.8, 4) is 0 Å². The SMILES string of the molecule is CC(NC(C)C(C)CO)c1nccn1C. The summed E-state index contributed by atoms with van der Waals surface area (Å²) in [6.07, 6.45) is 3.74. The van der Waals surface area contributed by atoms with Crippen molar-refractivity contribution < 1.29 is 5.11 Å². The molecule has 3 unspecified atom stereocenters. The molecule has 0 aliphatic carbocycles. The Labute approximate surface area is 91.3 Å². The highest BCUT2D eigenvalue weighted by atomic mass is 16.3. The molecule has 0 fully saturated rings. The number of rotatable bonds is 5.